The normalized spacial score (nSPS) is 10.6. The number of rotatable bonds is 6. The summed E-state index contributed by atoms with van der Waals surface area (Å²) in [5.41, 5.74) is 3.03. The fourth-order valence-corrected chi connectivity index (χ4v) is 2.22. The van der Waals surface area contributed by atoms with Crippen molar-refractivity contribution in [1.82, 2.24) is 10.3 Å². The minimum atomic E-state index is -0.219. The first-order valence-electron chi connectivity index (χ1n) is 6.93. The molecule has 0 amide bonds. The van der Waals surface area contributed by atoms with Crippen LogP contribution in [0.25, 0.3) is 0 Å². The molecule has 106 valence electrons. The third-order valence-electron chi connectivity index (χ3n) is 3.17. The molecule has 0 saturated heterocycles. The highest BCUT2D eigenvalue weighted by Gasteiger charge is 2.12. The van der Waals surface area contributed by atoms with E-state index >= 15 is 0 Å². The van der Waals surface area contributed by atoms with E-state index in [-0.39, 0.29) is 5.82 Å². The Hall–Kier alpha value is -1.94. The van der Waals surface area contributed by atoms with Crippen molar-refractivity contribution in [2.45, 2.75) is 20.4 Å². The van der Waals surface area contributed by atoms with Crippen LogP contribution in [-0.4, -0.2) is 18.1 Å². The molecule has 1 aromatic heterocycles. The lowest BCUT2D eigenvalue weighted by Gasteiger charge is -2.25. The zero-order valence-electron chi connectivity index (χ0n) is 11.9. The maximum atomic E-state index is 13.4. The van der Waals surface area contributed by atoms with Gasteiger partial charge in [-0.1, -0.05) is 13.0 Å². The first-order chi connectivity index (χ1) is 9.76. The van der Waals surface area contributed by atoms with Crippen molar-refractivity contribution in [2.75, 3.05) is 18.0 Å². The van der Waals surface area contributed by atoms with Gasteiger partial charge in [-0.25, -0.2) is 4.39 Å². The zero-order valence-corrected chi connectivity index (χ0v) is 11.9. The van der Waals surface area contributed by atoms with Crippen LogP contribution in [0.1, 0.15) is 19.4 Å². The molecule has 4 heteroatoms. The van der Waals surface area contributed by atoms with E-state index in [2.05, 4.69) is 29.0 Å². The largest absolute Gasteiger partial charge is 0.341 e. The predicted molar refractivity (Wildman–Crippen MR) is 80.7 cm³/mol. The molecule has 0 aliphatic heterocycles. The fourth-order valence-electron chi connectivity index (χ4n) is 2.22. The van der Waals surface area contributed by atoms with E-state index < -0.39 is 0 Å². The first kappa shape index (κ1) is 14.5. The second kappa shape index (κ2) is 7.01. The molecule has 0 bridgehead atoms. The van der Waals surface area contributed by atoms with Gasteiger partial charge in [0.05, 0.1) is 0 Å². The number of nitrogens with zero attached hydrogens (tertiary/aromatic N) is 2. The topological polar surface area (TPSA) is 28.2 Å². The maximum Gasteiger partial charge on any atom is 0.125 e. The molecular weight excluding hydrogens is 253 g/mol. The standard InChI is InChI=1S/C16H20FN3/c1-3-18-11-13-12-19-9-8-16(13)20(4-2)15-7-5-6-14(17)10-15/h5-10,12,18H,3-4,11H2,1-2H3. The van der Waals surface area contributed by atoms with E-state index in [0.29, 0.717) is 0 Å². The van der Waals surface area contributed by atoms with Crippen LogP contribution < -0.4 is 10.2 Å². The minimum absolute atomic E-state index is 0.219. The average molecular weight is 273 g/mol. The van der Waals surface area contributed by atoms with E-state index in [1.807, 2.05) is 18.3 Å². The van der Waals surface area contributed by atoms with Crippen molar-refractivity contribution in [3.05, 3.63) is 54.1 Å². The van der Waals surface area contributed by atoms with Gasteiger partial charge >= 0.3 is 0 Å². The third-order valence-corrected chi connectivity index (χ3v) is 3.17. The van der Waals surface area contributed by atoms with Gasteiger partial charge in [-0.2, -0.15) is 0 Å². The third kappa shape index (κ3) is 3.33. The molecule has 0 aliphatic rings. The Labute approximate surface area is 119 Å². The first-order valence-corrected chi connectivity index (χ1v) is 6.93. The van der Waals surface area contributed by atoms with Crippen LogP contribution >= 0.6 is 0 Å². The number of aromatic nitrogens is 1. The average Bonchev–Trinajstić information content (AvgIpc) is 2.47. The summed E-state index contributed by atoms with van der Waals surface area (Å²) in [6, 6.07) is 8.65. The van der Waals surface area contributed by atoms with Crippen molar-refractivity contribution < 1.29 is 4.39 Å². The molecule has 1 aromatic carbocycles. The Bertz CT molecular complexity index is 557. The summed E-state index contributed by atoms with van der Waals surface area (Å²) in [5.74, 6) is -0.219. The van der Waals surface area contributed by atoms with Crippen LogP contribution in [0.15, 0.2) is 42.7 Å². The molecule has 2 rings (SSSR count). The second-order valence-corrected chi connectivity index (χ2v) is 4.51. The number of hydrogen-bond donors (Lipinski definition) is 1. The van der Waals surface area contributed by atoms with E-state index in [1.54, 1.807) is 18.3 Å². The predicted octanol–water partition coefficient (Wildman–Crippen LogP) is 3.49. The highest BCUT2D eigenvalue weighted by Crippen LogP contribution is 2.28. The minimum Gasteiger partial charge on any atom is -0.341 e. The molecule has 0 unspecified atom stereocenters. The Morgan fingerprint density at radius 1 is 1.25 bits per heavy atom. The van der Waals surface area contributed by atoms with Crippen LogP contribution in [0, 0.1) is 5.82 Å². The smallest absolute Gasteiger partial charge is 0.125 e. The molecule has 0 atom stereocenters. The monoisotopic (exact) mass is 273 g/mol. The Balaban J connectivity index is 2.36. The maximum absolute atomic E-state index is 13.4. The fraction of sp³-hybridized carbons (Fsp3) is 0.312. The molecule has 20 heavy (non-hydrogen) atoms. The van der Waals surface area contributed by atoms with Gasteiger partial charge < -0.3 is 10.2 Å². The van der Waals surface area contributed by atoms with Crippen LogP contribution in [-0.2, 0) is 6.54 Å². The number of benzene rings is 1. The van der Waals surface area contributed by atoms with E-state index in [1.165, 1.54) is 6.07 Å². The van der Waals surface area contributed by atoms with Gasteiger partial charge in [0.2, 0.25) is 0 Å². The van der Waals surface area contributed by atoms with Crippen molar-refractivity contribution in [3.63, 3.8) is 0 Å². The molecule has 1 N–H and O–H groups in total. The SMILES string of the molecule is CCNCc1cnccc1N(CC)c1cccc(F)c1. The number of halogens is 1. The highest BCUT2D eigenvalue weighted by atomic mass is 19.1. The van der Waals surface area contributed by atoms with Gasteiger partial charge in [0.1, 0.15) is 5.82 Å². The van der Waals surface area contributed by atoms with Gasteiger partial charge in [0.25, 0.3) is 0 Å². The Morgan fingerprint density at radius 3 is 2.80 bits per heavy atom. The summed E-state index contributed by atoms with van der Waals surface area (Å²) in [7, 11) is 0. The van der Waals surface area contributed by atoms with Crippen LogP contribution in [0.5, 0.6) is 0 Å². The van der Waals surface area contributed by atoms with Crippen molar-refractivity contribution >= 4 is 11.4 Å². The van der Waals surface area contributed by atoms with Gasteiger partial charge in [0, 0.05) is 42.4 Å². The zero-order chi connectivity index (χ0) is 14.4. The highest BCUT2D eigenvalue weighted by molar-refractivity contribution is 5.65. The summed E-state index contributed by atoms with van der Waals surface area (Å²) < 4.78 is 13.4. The van der Waals surface area contributed by atoms with E-state index in [0.717, 1.165) is 36.6 Å². The van der Waals surface area contributed by atoms with E-state index in [9.17, 15) is 4.39 Å². The molecule has 3 nitrogen and oxygen atoms in total. The van der Waals surface area contributed by atoms with Crippen LogP contribution in [0.2, 0.25) is 0 Å². The number of nitrogens with one attached hydrogen (secondary N) is 1. The molecule has 0 saturated carbocycles. The molecule has 1 heterocycles. The van der Waals surface area contributed by atoms with Gasteiger partial charge in [-0.15, -0.1) is 0 Å². The lowest BCUT2D eigenvalue weighted by Crippen LogP contribution is -2.20. The van der Waals surface area contributed by atoms with Gasteiger partial charge in [-0.05, 0) is 37.7 Å². The Morgan fingerprint density at radius 2 is 2.10 bits per heavy atom. The number of hydrogen-bond acceptors (Lipinski definition) is 3. The van der Waals surface area contributed by atoms with Crippen LogP contribution in [0.4, 0.5) is 15.8 Å². The number of pyridine rings is 1. The van der Waals surface area contributed by atoms with Crippen molar-refractivity contribution in [3.8, 4) is 0 Å². The summed E-state index contributed by atoms with van der Waals surface area (Å²) in [6.07, 6.45) is 3.63. The summed E-state index contributed by atoms with van der Waals surface area (Å²) in [6.45, 7) is 6.56. The molecule has 0 radical (unpaired) electrons. The van der Waals surface area contributed by atoms with Crippen molar-refractivity contribution in [1.29, 1.82) is 0 Å². The summed E-state index contributed by atoms with van der Waals surface area (Å²) >= 11 is 0. The molecular formula is C16H20FN3. The lowest BCUT2D eigenvalue weighted by atomic mass is 10.1. The molecule has 0 spiro atoms. The van der Waals surface area contributed by atoms with Gasteiger partial charge in [-0.3, -0.25) is 4.98 Å². The van der Waals surface area contributed by atoms with Crippen molar-refractivity contribution in [2.24, 2.45) is 0 Å². The Kier molecular flexibility index (Phi) is 5.07. The summed E-state index contributed by atoms with van der Waals surface area (Å²) in [5, 5.41) is 3.31. The summed E-state index contributed by atoms with van der Waals surface area (Å²) in [4.78, 5) is 6.28. The number of anilines is 2. The molecule has 0 aliphatic carbocycles. The lowest BCUT2D eigenvalue weighted by molar-refractivity contribution is 0.627. The second-order valence-electron chi connectivity index (χ2n) is 4.51. The molecule has 0 fully saturated rings. The van der Waals surface area contributed by atoms with E-state index in [4.69, 9.17) is 0 Å². The quantitative estimate of drug-likeness (QED) is 0.873. The van der Waals surface area contributed by atoms with Gasteiger partial charge in [0.15, 0.2) is 0 Å². The molecule has 2 aromatic rings. The van der Waals surface area contributed by atoms with Crippen LogP contribution in [0.3, 0.4) is 0 Å².